The Balaban J connectivity index is 2.52. The lowest BCUT2D eigenvalue weighted by Gasteiger charge is -2.00. The van der Waals surface area contributed by atoms with Gasteiger partial charge >= 0.3 is 5.97 Å². The van der Waals surface area contributed by atoms with E-state index >= 15 is 0 Å². The predicted octanol–water partition coefficient (Wildman–Crippen LogP) is 2.11. The lowest BCUT2D eigenvalue weighted by molar-refractivity contribution is -0.136. The molecular weight excluding hydrogens is 190 g/mol. The predicted molar refractivity (Wildman–Crippen MR) is 59.0 cm³/mol. The van der Waals surface area contributed by atoms with E-state index in [9.17, 15) is 4.79 Å². The smallest absolute Gasteiger partial charge is 0.307 e. The summed E-state index contributed by atoms with van der Waals surface area (Å²) in [5.74, 6) is -0.790. The molecule has 0 aliphatic carbocycles. The Morgan fingerprint density at radius 3 is 2.80 bits per heavy atom. The number of carbonyl (C=O) groups is 1. The van der Waals surface area contributed by atoms with E-state index in [4.69, 9.17) is 5.11 Å². The van der Waals surface area contributed by atoms with Gasteiger partial charge in [0.1, 0.15) is 0 Å². The highest BCUT2D eigenvalue weighted by Gasteiger charge is 2.05. The monoisotopic (exact) mass is 203 g/mol. The molecule has 0 fully saturated rings. The molecule has 2 rings (SSSR count). The number of aryl methyl sites for hydroxylation is 2. The van der Waals surface area contributed by atoms with Crippen LogP contribution in [-0.2, 0) is 18.3 Å². The summed E-state index contributed by atoms with van der Waals surface area (Å²) in [7, 11) is 2.01. The molecule has 0 saturated heterocycles. The first-order chi connectivity index (χ1) is 7.08. The van der Waals surface area contributed by atoms with Crippen molar-refractivity contribution in [2.75, 3.05) is 0 Å². The largest absolute Gasteiger partial charge is 0.481 e. The molecule has 1 aromatic heterocycles. The molecule has 0 spiro atoms. The topological polar surface area (TPSA) is 42.2 Å². The maximum atomic E-state index is 10.6. The van der Waals surface area contributed by atoms with Gasteiger partial charge in [0.05, 0.1) is 6.42 Å². The van der Waals surface area contributed by atoms with Gasteiger partial charge < -0.3 is 9.67 Å². The Morgan fingerprint density at radius 2 is 2.13 bits per heavy atom. The van der Waals surface area contributed by atoms with E-state index in [2.05, 4.69) is 10.6 Å². The van der Waals surface area contributed by atoms with Crippen molar-refractivity contribution < 1.29 is 9.90 Å². The summed E-state index contributed by atoms with van der Waals surface area (Å²) in [5.41, 5.74) is 3.17. The van der Waals surface area contributed by atoms with Crippen LogP contribution in [0.2, 0.25) is 0 Å². The lowest BCUT2D eigenvalue weighted by atomic mass is 10.1. The van der Waals surface area contributed by atoms with Crippen LogP contribution in [0.4, 0.5) is 0 Å². The second-order valence-corrected chi connectivity index (χ2v) is 3.81. The van der Waals surface area contributed by atoms with Crippen LogP contribution in [0.1, 0.15) is 11.3 Å². The highest BCUT2D eigenvalue weighted by Crippen LogP contribution is 2.19. The maximum Gasteiger partial charge on any atom is 0.307 e. The zero-order chi connectivity index (χ0) is 11.0. The van der Waals surface area contributed by atoms with Crippen molar-refractivity contribution in [1.82, 2.24) is 4.57 Å². The number of hydrogen-bond donors (Lipinski definition) is 1. The molecule has 0 atom stereocenters. The third kappa shape index (κ3) is 1.73. The molecule has 3 heteroatoms. The molecule has 1 heterocycles. The van der Waals surface area contributed by atoms with Crippen molar-refractivity contribution >= 4 is 16.9 Å². The number of carboxylic acids is 1. The highest BCUT2D eigenvalue weighted by molar-refractivity contribution is 5.83. The first-order valence-electron chi connectivity index (χ1n) is 4.84. The molecule has 15 heavy (non-hydrogen) atoms. The Kier molecular flexibility index (Phi) is 2.23. The third-order valence-electron chi connectivity index (χ3n) is 2.70. The fourth-order valence-corrected chi connectivity index (χ4v) is 1.82. The minimum absolute atomic E-state index is 0.0872. The van der Waals surface area contributed by atoms with E-state index in [0.29, 0.717) is 0 Å². The van der Waals surface area contributed by atoms with Crippen molar-refractivity contribution in [2.45, 2.75) is 13.3 Å². The molecule has 78 valence electrons. The normalized spacial score (nSPS) is 10.8. The molecule has 0 aliphatic rings. The number of benzene rings is 1. The van der Waals surface area contributed by atoms with Crippen molar-refractivity contribution in [2.24, 2.45) is 7.05 Å². The Hall–Kier alpha value is -1.77. The molecule has 0 amide bonds. The zero-order valence-electron chi connectivity index (χ0n) is 8.82. The lowest BCUT2D eigenvalue weighted by Crippen LogP contribution is -1.99. The van der Waals surface area contributed by atoms with Gasteiger partial charge in [-0.2, -0.15) is 0 Å². The van der Waals surface area contributed by atoms with Crippen LogP contribution < -0.4 is 0 Å². The summed E-state index contributed by atoms with van der Waals surface area (Å²) < 4.78 is 2.10. The second-order valence-electron chi connectivity index (χ2n) is 3.81. The third-order valence-corrected chi connectivity index (χ3v) is 2.70. The van der Waals surface area contributed by atoms with Crippen LogP contribution >= 0.6 is 0 Å². The summed E-state index contributed by atoms with van der Waals surface area (Å²) in [6.45, 7) is 2.04. The second kappa shape index (κ2) is 3.42. The Morgan fingerprint density at radius 1 is 1.40 bits per heavy atom. The van der Waals surface area contributed by atoms with Gasteiger partial charge in [-0.15, -0.1) is 0 Å². The number of rotatable bonds is 2. The molecular formula is C12H13NO2. The number of carboxylic acid groups (broad SMARTS) is 1. The maximum absolute atomic E-state index is 10.6. The quantitative estimate of drug-likeness (QED) is 0.812. The molecule has 0 saturated carbocycles. The summed E-state index contributed by atoms with van der Waals surface area (Å²) in [4.78, 5) is 10.6. The van der Waals surface area contributed by atoms with Gasteiger partial charge in [0, 0.05) is 23.6 Å². The van der Waals surface area contributed by atoms with Gasteiger partial charge in [-0.3, -0.25) is 4.79 Å². The summed E-state index contributed by atoms with van der Waals surface area (Å²) >= 11 is 0. The molecule has 0 aliphatic heterocycles. The molecule has 0 radical (unpaired) electrons. The van der Waals surface area contributed by atoms with Gasteiger partial charge in [-0.05, 0) is 30.7 Å². The van der Waals surface area contributed by atoms with Gasteiger partial charge in [0.2, 0.25) is 0 Å². The molecule has 1 N–H and O–H groups in total. The van der Waals surface area contributed by atoms with Crippen LogP contribution in [0.25, 0.3) is 10.9 Å². The van der Waals surface area contributed by atoms with Gasteiger partial charge in [-0.25, -0.2) is 0 Å². The number of aromatic nitrogens is 1. The highest BCUT2D eigenvalue weighted by atomic mass is 16.4. The van der Waals surface area contributed by atoms with Gasteiger partial charge in [0.15, 0.2) is 0 Å². The average Bonchev–Trinajstić information content (AvgIpc) is 2.41. The minimum atomic E-state index is -0.790. The number of aliphatic carboxylic acids is 1. The van der Waals surface area contributed by atoms with Crippen LogP contribution in [0.5, 0.6) is 0 Å². The molecule has 3 nitrogen and oxygen atoms in total. The SMILES string of the molecule is Cc1cc2cc(CC(=O)O)ccc2n1C. The Labute approximate surface area is 87.9 Å². The first kappa shape index (κ1) is 9.77. The van der Waals surface area contributed by atoms with Gasteiger partial charge in [0.25, 0.3) is 0 Å². The number of fused-ring (bicyclic) bond motifs is 1. The van der Waals surface area contributed by atoms with E-state index in [-0.39, 0.29) is 6.42 Å². The molecule has 0 bridgehead atoms. The van der Waals surface area contributed by atoms with Crippen molar-refractivity contribution in [3.63, 3.8) is 0 Å². The van der Waals surface area contributed by atoms with Crippen molar-refractivity contribution in [3.8, 4) is 0 Å². The summed E-state index contributed by atoms with van der Waals surface area (Å²) in [6, 6.07) is 7.85. The summed E-state index contributed by atoms with van der Waals surface area (Å²) in [6.07, 6.45) is 0.0872. The van der Waals surface area contributed by atoms with Crippen molar-refractivity contribution in [1.29, 1.82) is 0 Å². The molecule has 0 unspecified atom stereocenters. The minimum Gasteiger partial charge on any atom is -0.481 e. The van der Waals surface area contributed by atoms with Crippen molar-refractivity contribution in [3.05, 3.63) is 35.5 Å². The fraction of sp³-hybridized carbons (Fsp3) is 0.250. The average molecular weight is 203 g/mol. The summed E-state index contributed by atoms with van der Waals surface area (Å²) in [5, 5.41) is 9.80. The number of hydrogen-bond acceptors (Lipinski definition) is 1. The van der Waals surface area contributed by atoms with E-state index in [1.165, 1.54) is 5.69 Å². The van der Waals surface area contributed by atoms with Crippen LogP contribution in [-0.4, -0.2) is 15.6 Å². The zero-order valence-corrected chi connectivity index (χ0v) is 8.82. The standard InChI is InChI=1S/C12H13NO2/c1-8-5-10-6-9(7-12(14)15)3-4-11(10)13(8)2/h3-6H,7H2,1-2H3,(H,14,15). The van der Waals surface area contributed by atoms with E-state index < -0.39 is 5.97 Å². The van der Waals surface area contributed by atoms with Gasteiger partial charge in [-0.1, -0.05) is 6.07 Å². The molecule has 1 aromatic carbocycles. The van der Waals surface area contributed by atoms with E-state index in [1.807, 2.05) is 32.2 Å². The van der Waals surface area contributed by atoms with E-state index in [0.717, 1.165) is 16.5 Å². The van der Waals surface area contributed by atoms with Crippen LogP contribution in [0.15, 0.2) is 24.3 Å². The van der Waals surface area contributed by atoms with Crippen LogP contribution in [0, 0.1) is 6.92 Å². The first-order valence-corrected chi connectivity index (χ1v) is 4.84. The number of nitrogens with zero attached hydrogens (tertiary/aromatic N) is 1. The molecule has 2 aromatic rings. The Bertz CT molecular complexity index is 526. The fourth-order valence-electron chi connectivity index (χ4n) is 1.82. The van der Waals surface area contributed by atoms with Crippen LogP contribution in [0.3, 0.4) is 0 Å². The van der Waals surface area contributed by atoms with E-state index in [1.54, 1.807) is 0 Å².